The Kier molecular flexibility index (Phi) is 3.37. The summed E-state index contributed by atoms with van der Waals surface area (Å²) in [6.45, 7) is 4.20. The molecule has 24 heavy (non-hydrogen) atoms. The molecule has 0 saturated carbocycles. The number of imidazole rings is 1. The van der Waals surface area contributed by atoms with Crippen LogP contribution in [0.15, 0.2) is 36.5 Å². The van der Waals surface area contributed by atoms with Gasteiger partial charge < -0.3 is 9.72 Å². The molecule has 1 atom stereocenters. The van der Waals surface area contributed by atoms with E-state index in [0.717, 1.165) is 28.2 Å². The van der Waals surface area contributed by atoms with Gasteiger partial charge in [0.2, 0.25) is 5.91 Å². The van der Waals surface area contributed by atoms with Crippen LogP contribution in [0.25, 0.3) is 5.65 Å². The number of carbonyl (C=O) groups excluding carboxylic acids is 1. The lowest BCUT2D eigenvalue weighted by molar-refractivity contribution is -0.121. The molecule has 3 aromatic rings. The predicted octanol–water partition coefficient (Wildman–Crippen LogP) is 3.24. The van der Waals surface area contributed by atoms with E-state index in [2.05, 4.69) is 5.32 Å². The van der Waals surface area contributed by atoms with Crippen molar-refractivity contribution in [1.82, 2.24) is 14.7 Å². The van der Waals surface area contributed by atoms with Gasteiger partial charge in [0.15, 0.2) is 0 Å². The molecular weight excluding hydrogens is 305 g/mol. The minimum atomic E-state index is -0.231. The highest BCUT2D eigenvalue weighted by Gasteiger charge is 2.29. The number of aryl methyl sites for hydroxylation is 2. The van der Waals surface area contributed by atoms with Crippen molar-refractivity contribution in [1.29, 1.82) is 0 Å². The maximum absolute atomic E-state index is 13.7. The van der Waals surface area contributed by atoms with Gasteiger partial charge in [-0.3, -0.25) is 4.79 Å². The van der Waals surface area contributed by atoms with Gasteiger partial charge in [0.25, 0.3) is 0 Å². The van der Waals surface area contributed by atoms with E-state index in [-0.39, 0.29) is 17.6 Å². The first-order valence-corrected chi connectivity index (χ1v) is 8.03. The number of hydrogen-bond donors (Lipinski definition) is 1. The van der Waals surface area contributed by atoms with E-state index in [4.69, 9.17) is 4.98 Å². The van der Waals surface area contributed by atoms with Gasteiger partial charge in [0.05, 0.1) is 17.9 Å². The fraction of sp³-hybridized carbons (Fsp3) is 0.263. The summed E-state index contributed by atoms with van der Waals surface area (Å²) in [6.07, 6.45) is 2.33. The topological polar surface area (TPSA) is 46.4 Å². The maximum Gasteiger partial charge on any atom is 0.221 e. The largest absolute Gasteiger partial charge is 0.350 e. The summed E-state index contributed by atoms with van der Waals surface area (Å²) in [4.78, 5) is 16.9. The normalized spacial score (nSPS) is 17.5. The molecule has 5 heteroatoms. The highest BCUT2D eigenvalue weighted by atomic mass is 19.1. The van der Waals surface area contributed by atoms with Gasteiger partial charge in [-0.25, -0.2) is 9.37 Å². The van der Waals surface area contributed by atoms with E-state index < -0.39 is 0 Å². The van der Waals surface area contributed by atoms with Crippen molar-refractivity contribution < 1.29 is 9.18 Å². The van der Waals surface area contributed by atoms with E-state index in [1.165, 1.54) is 6.07 Å². The number of hydrogen-bond acceptors (Lipinski definition) is 2. The fourth-order valence-corrected chi connectivity index (χ4v) is 3.41. The van der Waals surface area contributed by atoms with Crippen LogP contribution in [0.1, 0.15) is 40.4 Å². The highest BCUT2D eigenvalue weighted by Crippen LogP contribution is 2.34. The van der Waals surface area contributed by atoms with E-state index in [0.29, 0.717) is 18.5 Å². The number of halogens is 1. The molecule has 0 spiro atoms. The number of aromatic nitrogens is 2. The van der Waals surface area contributed by atoms with Gasteiger partial charge >= 0.3 is 0 Å². The van der Waals surface area contributed by atoms with Crippen molar-refractivity contribution in [3.8, 4) is 0 Å². The fourth-order valence-electron chi connectivity index (χ4n) is 3.41. The van der Waals surface area contributed by atoms with Crippen LogP contribution >= 0.6 is 0 Å². The summed E-state index contributed by atoms with van der Waals surface area (Å²) >= 11 is 0. The standard InChI is InChI=1S/C19H18FN3O/c1-11-5-6-23-17(7-11)22-16-10-21-18(24)9-14(19(16)23)13-3-4-15(20)12(2)8-13/h3-8,14H,9-10H2,1-2H3,(H,21,24)/t14-/m0/s1. The first kappa shape index (κ1) is 14.9. The van der Waals surface area contributed by atoms with Crippen molar-refractivity contribution in [3.63, 3.8) is 0 Å². The van der Waals surface area contributed by atoms with Crippen LogP contribution in [0.3, 0.4) is 0 Å². The Bertz CT molecular complexity index is 961. The third kappa shape index (κ3) is 2.37. The lowest BCUT2D eigenvalue weighted by atomic mass is 9.90. The summed E-state index contributed by atoms with van der Waals surface area (Å²) in [5.74, 6) is -0.383. The average molecular weight is 323 g/mol. The lowest BCUT2D eigenvalue weighted by Crippen LogP contribution is -2.21. The highest BCUT2D eigenvalue weighted by molar-refractivity contribution is 5.78. The maximum atomic E-state index is 13.7. The number of amides is 1. The molecule has 1 aliphatic rings. The number of nitrogens with zero attached hydrogens (tertiary/aromatic N) is 2. The first-order chi connectivity index (χ1) is 11.5. The third-order valence-electron chi connectivity index (χ3n) is 4.65. The summed E-state index contributed by atoms with van der Waals surface area (Å²) in [6, 6.07) is 9.13. The van der Waals surface area contributed by atoms with Crippen LogP contribution in [0.5, 0.6) is 0 Å². The molecule has 122 valence electrons. The van der Waals surface area contributed by atoms with E-state index in [9.17, 15) is 9.18 Å². The van der Waals surface area contributed by atoms with Crippen LogP contribution < -0.4 is 5.32 Å². The molecule has 1 aliphatic heterocycles. The van der Waals surface area contributed by atoms with Gasteiger partial charge in [-0.1, -0.05) is 12.1 Å². The summed E-state index contributed by atoms with van der Waals surface area (Å²) in [5, 5.41) is 2.91. The van der Waals surface area contributed by atoms with Crippen LogP contribution in [0.4, 0.5) is 4.39 Å². The molecule has 0 bridgehead atoms. The zero-order valence-corrected chi connectivity index (χ0v) is 13.6. The van der Waals surface area contributed by atoms with Crippen molar-refractivity contribution >= 4 is 11.6 Å². The molecule has 4 nitrogen and oxygen atoms in total. The van der Waals surface area contributed by atoms with Gasteiger partial charge in [-0.2, -0.15) is 0 Å². The Morgan fingerprint density at radius 3 is 2.88 bits per heavy atom. The Balaban J connectivity index is 1.94. The second kappa shape index (κ2) is 5.44. The smallest absolute Gasteiger partial charge is 0.221 e. The molecular formula is C19H18FN3O. The van der Waals surface area contributed by atoms with Crippen molar-refractivity contribution in [2.75, 3.05) is 0 Å². The molecule has 0 unspecified atom stereocenters. The monoisotopic (exact) mass is 323 g/mol. The van der Waals surface area contributed by atoms with Crippen LogP contribution in [0, 0.1) is 19.7 Å². The molecule has 1 amide bonds. The number of carbonyl (C=O) groups is 1. The third-order valence-corrected chi connectivity index (χ3v) is 4.65. The SMILES string of the molecule is Cc1ccn2c3c(nc2c1)CNC(=O)C[C@H]3c1ccc(F)c(C)c1. The number of rotatable bonds is 1. The summed E-state index contributed by atoms with van der Waals surface area (Å²) < 4.78 is 15.7. The van der Waals surface area contributed by atoms with E-state index >= 15 is 0 Å². The number of benzene rings is 1. The molecule has 0 radical (unpaired) electrons. The number of pyridine rings is 1. The first-order valence-electron chi connectivity index (χ1n) is 8.03. The van der Waals surface area contributed by atoms with Gasteiger partial charge in [0.1, 0.15) is 11.5 Å². The van der Waals surface area contributed by atoms with E-state index in [1.807, 2.05) is 35.7 Å². The van der Waals surface area contributed by atoms with Crippen molar-refractivity contribution in [2.24, 2.45) is 0 Å². The summed E-state index contributed by atoms with van der Waals surface area (Å²) in [7, 11) is 0. The number of nitrogens with one attached hydrogen (secondary N) is 1. The molecule has 0 aliphatic carbocycles. The Hall–Kier alpha value is -2.69. The second-order valence-corrected chi connectivity index (χ2v) is 6.42. The second-order valence-electron chi connectivity index (χ2n) is 6.42. The van der Waals surface area contributed by atoms with Gasteiger partial charge in [-0.15, -0.1) is 0 Å². The molecule has 0 saturated heterocycles. The van der Waals surface area contributed by atoms with Crippen molar-refractivity contribution in [2.45, 2.75) is 32.7 Å². The Labute approximate surface area is 139 Å². The van der Waals surface area contributed by atoms with Crippen LogP contribution in [-0.2, 0) is 11.3 Å². The zero-order chi connectivity index (χ0) is 16.8. The molecule has 1 aromatic carbocycles. The average Bonchev–Trinajstić information content (AvgIpc) is 2.82. The summed E-state index contributed by atoms with van der Waals surface area (Å²) in [5.41, 5.74) is 5.42. The molecule has 1 N–H and O–H groups in total. The van der Waals surface area contributed by atoms with Crippen LogP contribution in [-0.4, -0.2) is 15.3 Å². The molecule has 3 heterocycles. The van der Waals surface area contributed by atoms with E-state index in [1.54, 1.807) is 13.0 Å². The molecule has 2 aromatic heterocycles. The Morgan fingerprint density at radius 1 is 1.25 bits per heavy atom. The zero-order valence-electron chi connectivity index (χ0n) is 13.6. The molecule has 4 rings (SSSR count). The quantitative estimate of drug-likeness (QED) is 0.747. The minimum absolute atomic E-state index is 0.0131. The number of fused-ring (bicyclic) bond motifs is 3. The molecule has 0 fully saturated rings. The minimum Gasteiger partial charge on any atom is -0.350 e. The van der Waals surface area contributed by atoms with Crippen molar-refractivity contribution in [3.05, 3.63) is 70.4 Å². The Morgan fingerprint density at radius 2 is 2.08 bits per heavy atom. The lowest BCUT2D eigenvalue weighted by Gasteiger charge is -2.16. The van der Waals surface area contributed by atoms with Gasteiger partial charge in [-0.05, 0) is 48.7 Å². The van der Waals surface area contributed by atoms with Gasteiger partial charge in [0, 0.05) is 18.5 Å². The predicted molar refractivity (Wildman–Crippen MR) is 89.4 cm³/mol. The van der Waals surface area contributed by atoms with Crippen LogP contribution in [0.2, 0.25) is 0 Å².